The summed E-state index contributed by atoms with van der Waals surface area (Å²) < 4.78 is 0.302. The molecule has 0 bridgehead atoms. The highest BCUT2D eigenvalue weighted by molar-refractivity contribution is 9.10. The molecule has 1 aliphatic carbocycles. The second-order valence-electron chi connectivity index (χ2n) is 5.04. The van der Waals surface area contributed by atoms with E-state index in [0.717, 1.165) is 25.7 Å². The van der Waals surface area contributed by atoms with Gasteiger partial charge < -0.3 is 10.3 Å². The van der Waals surface area contributed by atoms with Crippen molar-refractivity contribution in [1.82, 2.24) is 10.3 Å². The van der Waals surface area contributed by atoms with Crippen LogP contribution in [0, 0.1) is 17.2 Å². The van der Waals surface area contributed by atoms with Gasteiger partial charge in [0, 0.05) is 6.20 Å². The SMILES string of the molecule is N#CC(NC(=O)c1c[nH]c(=O)c(Br)c1)C1CCCCC1. The fraction of sp³-hybridized carbons (Fsp3) is 0.500. The van der Waals surface area contributed by atoms with Gasteiger partial charge in [0.1, 0.15) is 6.04 Å². The number of hydrogen-bond acceptors (Lipinski definition) is 3. The fourth-order valence-electron chi connectivity index (χ4n) is 2.53. The number of nitrogens with zero attached hydrogens (tertiary/aromatic N) is 1. The molecule has 0 radical (unpaired) electrons. The molecular formula is C14H16BrN3O2. The number of rotatable bonds is 3. The highest BCUT2D eigenvalue weighted by atomic mass is 79.9. The number of halogens is 1. The first-order valence-corrected chi connectivity index (χ1v) is 7.50. The third-order valence-corrected chi connectivity index (χ3v) is 4.26. The van der Waals surface area contributed by atoms with E-state index in [1.807, 2.05) is 0 Å². The topological polar surface area (TPSA) is 85.8 Å². The molecule has 1 saturated carbocycles. The molecule has 20 heavy (non-hydrogen) atoms. The standard InChI is InChI=1S/C14H16BrN3O2/c15-11-6-10(8-17-14(11)20)13(19)18-12(7-16)9-4-2-1-3-5-9/h6,8-9,12H,1-5H2,(H,17,20)(H,18,19). The Bertz CT molecular complexity index is 585. The van der Waals surface area contributed by atoms with E-state index in [9.17, 15) is 14.9 Å². The first kappa shape index (κ1) is 14.8. The van der Waals surface area contributed by atoms with Crippen LogP contribution in [0.3, 0.4) is 0 Å². The zero-order chi connectivity index (χ0) is 14.5. The lowest BCUT2D eigenvalue weighted by Crippen LogP contribution is -2.40. The van der Waals surface area contributed by atoms with Crippen LogP contribution in [-0.4, -0.2) is 16.9 Å². The normalized spacial score (nSPS) is 17.2. The van der Waals surface area contributed by atoms with Crippen molar-refractivity contribution in [3.8, 4) is 6.07 Å². The molecule has 1 heterocycles. The van der Waals surface area contributed by atoms with Gasteiger partial charge in [0.25, 0.3) is 11.5 Å². The van der Waals surface area contributed by atoms with E-state index in [-0.39, 0.29) is 17.4 Å². The lowest BCUT2D eigenvalue weighted by atomic mass is 9.84. The maximum absolute atomic E-state index is 12.1. The number of aromatic amines is 1. The highest BCUT2D eigenvalue weighted by Crippen LogP contribution is 2.26. The van der Waals surface area contributed by atoms with Crippen molar-refractivity contribution >= 4 is 21.8 Å². The molecule has 2 N–H and O–H groups in total. The van der Waals surface area contributed by atoms with E-state index in [2.05, 4.69) is 32.3 Å². The van der Waals surface area contributed by atoms with Crippen molar-refractivity contribution in [3.05, 3.63) is 32.7 Å². The van der Waals surface area contributed by atoms with Crippen molar-refractivity contribution in [2.45, 2.75) is 38.1 Å². The third-order valence-electron chi connectivity index (χ3n) is 3.67. The van der Waals surface area contributed by atoms with Crippen LogP contribution in [-0.2, 0) is 0 Å². The summed E-state index contributed by atoms with van der Waals surface area (Å²) >= 11 is 3.09. The molecule has 1 amide bonds. The van der Waals surface area contributed by atoms with Crippen LogP contribution < -0.4 is 10.9 Å². The van der Waals surface area contributed by atoms with Gasteiger partial charge in [0.15, 0.2) is 0 Å². The summed E-state index contributed by atoms with van der Waals surface area (Å²) in [5, 5.41) is 12.0. The van der Waals surface area contributed by atoms with Gasteiger partial charge in [-0.2, -0.15) is 5.26 Å². The molecular weight excluding hydrogens is 322 g/mol. The largest absolute Gasteiger partial charge is 0.336 e. The number of nitriles is 1. The number of amides is 1. The number of nitrogens with one attached hydrogen (secondary N) is 2. The van der Waals surface area contributed by atoms with Crippen molar-refractivity contribution in [2.24, 2.45) is 5.92 Å². The van der Waals surface area contributed by atoms with Crippen LogP contribution in [0.15, 0.2) is 21.5 Å². The zero-order valence-electron chi connectivity index (χ0n) is 11.0. The van der Waals surface area contributed by atoms with Crippen LogP contribution in [0.25, 0.3) is 0 Å². The monoisotopic (exact) mass is 337 g/mol. The van der Waals surface area contributed by atoms with E-state index in [4.69, 9.17) is 0 Å². The van der Waals surface area contributed by atoms with E-state index in [1.165, 1.54) is 18.7 Å². The summed E-state index contributed by atoms with van der Waals surface area (Å²) in [5.41, 5.74) is 0.0539. The molecule has 2 rings (SSSR count). The van der Waals surface area contributed by atoms with E-state index >= 15 is 0 Å². The molecule has 106 valence electrons. The van der Waals surface area contributed by atoms with E-state index < -0.39 is 6.04 Å². The van der Waals surface area contributed by atoms with Crippen LogP contribution in [0.4, 0.5) is 0 Å². The molecule has 1 aromatic rings. The lowest BCUT2D eigenvalue weighted by molar-refractivity contribution is 0.0928. The molecule has 6 heteroatoms. The molecule has 1 aromatic heterocycles. The minimum atomic E-state index is -0.464. The second-order valence-corrected chi connectivity index (χ2v) is 5.90. The Labute approximate surface area is 125 Å². The average Bonchev–Trinajstić information content (AvgIpc) is 2.48. The number of hydrogen-bond donors (Lipinski definition) is 2. The summed E-state index contributed by atoms with van der Waals surface area (Å²) in [4.78, 5) is 25.8. The summed E-state index contributed by atoms with van der Waals surface area (Å²) in [5.74, 6) is -0.108. The van der Waals surface area contributed by atoms with Crippen molar-refractivity contribution in [3.63, 3.8) is 0 Å². The molecule has 0 saturated heterocycles. The van der Waals surface area contributed by atoms with Gasteiger partial charge >= 0.3 is 0 Å². The molecule has 5 nitrogen and oxygen atoms in total. The van der Waals surface area contributed by atoms with Gasteiger partial charge in [-0.15, -0.1) is 0 Å². The van der Waals surface area contributed by atoms with Gasteiger partial charge in [-0.25, -0.2) is 0 Å². The predicted molar refractivity (Wildman–Crippen MR) is 78.2 cm³/mol. The van der Waals surface area contributed by atoms with Gasteiger partial charge in [0.2, 0.25) is 0 Å². The Morgan fingerprint density at radius 2 is 2.15 bits per heavy atom. The minimum Gasteiger partial charge on any atom is -0.336 e. The Balaban J connectivity index is 2.06. The molecule has 1 aliphatic rings. The highest BCUT2D eigenvalue weighted by Gasteiger charge is 2.25. The Hall–Kier alpha value is -1.61. The quantitative estimate of drug-likeness (QED) is 0.887. The molecule has 0 spiro atoms. The molecule has 1 fully saturated rings. The van der Waals surface area contributed by atoms with E-state index in [1.54, 1.807) is 0 Å². The smallest absolute Gasteiger partial charge is 0.262 e. The predicted octanol–water partition coefficient (Wildman–Crippen LogP) is 2.34. The second kappa shape index (κ2) is 6.71. The van der Waals surface area contributed by atoms with Gasteiger partial charge in [-0.1, -0.05) is 19.3 Å². The maximum atomic E-state index is 12.1. The fourth-order valence-corrected chi connectivity index (χ4v) is 2.90. The van der Waals surface area contributed by atoms with Crippen molar-refractivity contribution in [2.75, 3.05) is 0 Å². The lowest BCUT2D eigenvalue weighted by Gasteiger charge is -2.26. The first-order chi connectivity index (χ1) is 9.61. The van der Waals surface area contributed by atoms with Crippen LogP contribution in [0.2, 0.25) is 0 Å². The molecule has 1 unspecified atom stereocenters. The third kappa shape index (κ3) is 3.48. The van der Waals surface area contributed by atoms with Gasteiger partial charge in [0.05, 0.1) is 16.1 Å². The summed E-state index contributed by atoms with van der Waals surface area (Å²) in [6.45, 7) is 0. The summed E-state index contributed by atoms with van der Waals surface area (Å²) in [7, 11) is 0. The average molecular weight is 338 g/mol. The van der Waals surface area contributed by atoms with Crippen LogP contribution >= 0.6 is 15.9 Å². The Morgan fingerprint density at radius 3 is 2.75 bits per heavy atom. The van der Waals surface area contributed by atoms with Crippen LogP contribution in [0.5, 0.6) is 0 Å². The number of carbonyl (C=O) groups excluding carboxylic acids is 1. The summed E-state index contributed by atoms with van der Waals surface area (Å²) in [6, 6.07) is 3.18. The Kier molecular flexibility index (Phi) is 4.96. The molecule has 1 atom stereocenters. The van der Waals surface area contributed by atoms with Crippen molar-refractivity contribution < 1.29 is 4.79 Å². The van der Waals surface area contributed by atoms with Gasteiger partial charge in [-0.05, 0) is 40.8 Å². The number of H-pyrrole nitrogens is 1. The maximum Gasteiger partial charge on any atom is 0.262 e. The summed E-state index contributed by atoms with van der Waals surface area (Å²) in [6.07, 6.45) is 6.75. The van der Waals surface area contributed by atoms with E-state index in [0.29, 0.717) is 10.0 Å². The first-order valence-electron chi connectivity index (χ1n) is 6.70. The molecule has 0 aliphatic heterocycles. The van der Waals surface area contributed by atoms with Crippen molar-refractivity contribution in [1.29, 1.82) is 5.26 Å². The number of aromatic nitrogens is 1. The number of carbonyl (C=O) groups is 1. The number of pyridine rings is 1. The molecule has 0 aromatic carbocycles. The zero-order valence-corrected chi connectivity index (χ0v) is 12.6. The van der Waals surface area contributed by atoms with Crippen LogP contribution in [0.1, 0.15) is 42.5 Å². The van der Waals surface area contributed by atoms with Gasteiger partial charge in [-0.3, -0.25) is 9.59 Å². The Morgan fingerprint density at radius 1 is 1.45 bits per heavy atom. The minimum absolute atomic E-state index is 0.226.